The van der Waals surface area contributed by atoms with Crippen LogP contribution in [-0.4, -0.2) is 31.7 Å². The molecule has 0 bridgehead atoms. The second-order valence-corrected chi connectivity index (χ2v) is 6.85. The predicted octanol–water partition coefficient (Wildman–Crippen LogP) is 1.29. The van der Waals surface area contributed by atoms with Gasteiger partial charge >= 0.3 is 5.97 Å². The Morgan fingerprint density at radius 1 is 1.65 bits per heavy atom. The molecule has 0 fully saturated rings. The average molecular weight is 317 g/mol. The normalized spacial score (nSPS) is 12.4. The first-order valence-corrected chi connectivity index (χ1v) is 8.24. The molecule has 0 aliphatic carbocycles. The topological polar surface area (TPSA) is 109 Å². The third-order valence-corrected chi connectivity index (χ3v) is 4.92. The first-order valence-electron chi connectivity index (χ1n) is 5.81. The summed E-state index contributed by atoms with van der Waals surface area (Å²) in [5, 5.41) is 9.41. The molecular weight excluding hydrogens is 302 g/mol. The largest absolute Gasteiger partial charge is 0.469 e. The fourth-order valence-corrected chi connectivity index (χ4v) is 3.00. The van der Waals surface area contributed by atoms with Crippen molar-refractivity contribution in [1.29, 1.82) is 5.26 Å². The summed E-state index contributed by atoms with van der Waals surface area (Å²) in [6.45, 7) is 1.30. The third kappa shape index (κ3) is 4.79. The van der Waals surface area contributed by atoms with Crippen LogP contribution in [-0.2, 0) is 26.0 Å². The van der Waals surface area contributed by atoms with Crippen LogP contribution in [0.5, 0.6) is 0 Å². The Labute approximate surface area is 121 Å². The number of nitriles is 1. The molecule has 0 spiro atoms. The van der Waals surface area contributed by atoms with Gasteiger partial charge in [0.2, 0.25) is 0 Å². The SMILES string of the molecule is COC(=O)CCCc1csc(NS(=O)(=O)C(C)C#N)n1. The summed E-state index contributed by atoms with van der Waals surface area (Å²) in [6, 6.07) is 1.66. The molecule has 1 unspecified atom stereocenters. The number of ether oxygens (including phenoxy) is 1. The van der Waals surface area contributed by atoms with Gasteiger partial charge in [-0.25, -0.2) is 13.4 Å². The highest BCUT2D eigenvalue weighted by molar-refractivity contribution is 7.93. The highest BCUT2D eigenvalue weighted by atomic mass is 32.2. The van der Waals surface area contributed by atoms with E-state index in [-0.39, 0.29) is 11.1 Å². The van der Waals surface area contributed by atoms with Crippen molar-refractivity contribution in [1.82, 2.24) is 4.98 Å². The fourth-order valence-electron chi connectivity index (χ4n) is 1.26. The molecule has 1 aromatic rings. The van der Waals surface area contributed by atoms with Crippen LogP contribution >= 0.6 is 11.3 Å². The van der Waals surface area contributed by atoms with Gasteiger partial charge in [-0.2, -0.15) is 5.26 Å². The minimum absolute atomic E-state index is 0.222. The molecule has 110 valence electrons. The first kappa shape index (κ1) is 16.4. The number of anilines is 1. The molecule has 1 aromatic heterocycles. The summed E-state index contributed by atoms with van der Waals surface area (Å²) in [4.78, 5) is 15.0. The number of thiazole rings is 1. The molecule has 20 heavy (non-hydrogen) atoms. The maximum atomic E-state index is 11.7. The molecule has 1 heterocycles. The minimum Gasteiger partial charge on any atom is -0.469 e. The number of aromatic nitrogens is 1. The molecule has 1 N–H and O–H groups in total. The lowest BCUT2D eigenvalue weighted by molar-refractivity contribution is -0.140. The number of sulfonamides is 1. The molecule has 0 radical (unpaired) electrons. The lowest BCUT2D eigenvalue weighted by atomic mass is 10.2. The van der Waals surface area contributed by atoms with E-state index in [1.165, 1.54) is 14.0 Å². The van der Waals surface area contributed by atoms with Gasteiger partial charge in [-0.3, -0.25) is 9.52 Å². The highest BCUT2D eigenvalue weighted by Crippen LogP contribution is 2.19. The Morgan fingerprint density at radius 2 is 2.35 bits per heavy atom. The zero-order chi connectivity index (χ0) is 15.2. The molecule has 0 aromatic carbocycles. The molecule has 0 aliphatic heterocycles. The number of nitrogens with one attached hydrogen (secondary N) is 1. The van der Waals surface area contributed by atoms with E-state index in [0.29, 0.717) is 25.0 Å². The van der Waals surface area contributed by atoms with Crippen molar-refractivity contribution in [3.05, 3.63) is 11.1 Å². The number of rotatable bonds is 7. The van der Waals surface area contributed by atoms with Crippen LogP contribution in [0.4, 0.5) is 5.13 Å². The van der Waals surface area contributed by atoms with Gasteiger partial charge in [-0.05, 0) is 19.8 Å². The maximum Gasteiger partial charge on any atom is 0.305 e. The second-order valence-electron chi connectivity index (χ2n) is 3.99. The van der Waals surface area contributed by atoms with E-state index in [2.05, 4.69) is 14.4 Å². The molecule has 1 atom stereocenters. The molecule has 0 saturated heterocycles. The Morgan fingerprint density at radius 3 is 2.95 bits per heavy atom. The monoisotopic (exact) mass is 317 g/mol. The van der Waals surface area contributed by atoms with E-state index in [9.17, 15) is 13.2 Å². The maximum absolute atomic E-state index is 11.7. The van der Waals surface area contributed by atoms with E-state index in [0.717, 1.165) is 11.3 Å². The van der Waals surface area contributed by atoms with Crippen molar-refractivity contribution in [3.63, 3.8) is 0 Å². The summed E-state index contributed by atoms with van der Waals surface area (Å²) >= 11 is 1.14. The summed E-state index contributed by atoms with van der Waals surface area (Å²) in [7, 11) is -2.40. The highest BCUT2D eigenvalue weighted by Gasteiger charge is 2.21. The van der Waals surface area contributed by atoms with Crippen molar-refractivity contribution in [2.75, 3.05) is 11.8 Å². The van der Waals surface area contributed by atoms with Crippen molar-refractivity contribution in [3.8, 4) is 6.07 Å². The smallest absolute Gasteiger partial charge is 0.305 e. The molecule has 1 rings (SSSR count). The Hall–Kier alpha value is -1.66. The lowest BCUT2D eigenvalue weighted by Gasteiger charge is -2.05. The average Bonchev–Trinajstić information content (AvgIpc) is 2.84. The third-order valence-electron chi connectivity index (χ3n) is 2.47. The molecule has 0 amide bonds. The first-order chi connectivity index (χ1) is 9.39. The van der Waals surface area contributed by atoms with Crippen LogP contribution in [0, 0.1) is 11.3 Å². The molecular formula is C11H15N3O4S2. The van der Waals surface area contributed by atoms with Gasteiger partial charge in [0, 0.05) is 11.8 Å². The van der Waals surface area contributed by atoms with Crippen molar-refractivity contribution in [2.45, 2.75) is 31.4 Å². The number of hydrogen-bond acceptors (Lipinski definition) is 7. The van der Waals surface area contributed by atoms with Gasteiger partial charge in [0.15, 0.2) is 10.4 Å². The number of aryl methyl sites for hydroxylation is 1. The zero-order valence-corrected chi connectivity index (χ0v) is 12.8. The quantitative estimate of drug-likeness (QED) is 0.759. The van der Waals surface area contributed by atoms with Gasteiger partial charge in [0.25, 0.3) is 10.0 Å². The molecule has 0 aliphatic rings. The Bertz CT molecular complexity index is 603. The Balaban J connectivity index is 2.56. The number of hydrogen-bond donors (Lipinski definition) is 1. The van der Waals surface area contributed by atoms with Gasteiger partial charge in [-0.1, -0.05) is 0 Å². The summed E-state index contributed by atoms with van der Waals surface area (Å²) in [5.41, 5.74) is 0.696. The molecule has 9 heteroatoms. The van der Waals surface area contributed by atoms with E-state index >= 15 is 0 Å². The van der Waals surface area contributed by atoms with E-state index in [4.69, 9.17) is 5.26 Å². The second kappa shape index (κ2) is 7.21. The van der Waals surface area contributed by atoms with Gasteiger partial charge in [-0.15, -0.1) is 11.3 Å². The Kier molecular flexibility index (Phi) is 5.91. The van der Waals surface area contributed by atoms with Crippen LogP contribution in [0.2, 0.25) is 0 Å². The fraction of sp³-hybridized carbons (Fsp3) is 0.545. The summed E-state index contributed by atoms with van der Waals surface area (Å²) < 4.78 is 30.1. The molecule has 7 nitrogen and oxygen atoms in total. The van der Waals surface area contributed by atoms with Crippen molar-refractivity contribution >= 4 is 32.5 Å². The predicted molar refractivity (Wildman–Crippen MR) is 74.7 cm³/mol. The summed E-state index contributed by atoms with van der Waals surface area (Å²) in [6.07, 6.45) is 1.43. The zero-order valence-electron chi connectivity index (χ0n) is 11.1. The number of nitrogens with zero attached hydrogens (tertiary/aromatic N) is 2. The number of carbonyl (C=O) groups is 1. The van der Waals surface area contributed by atoms with Crippen LogP contribution in [0.1, 0.15) is 25.5 Å². The van der Waals surface area contributed by atoms with E-state index in [1.54, 1.807) is 11.4 Å². The molecule has 0 saturated carbocycles. The van der Waals surface area contributed by atoms with Gasteiger partial charge in [0.1, 0.15) is 0 Å². The van der Waals surface area contributed by atoms with Crippen LogP contribution < -0.4 is 4.72 Å². The minimum atomic E-state index is -3.73. The van der Waals surface area contributed by atoms with E-state index in [1.807, 2.05) is 0 Å². The number of esters is 1. The van der Waals surface area contributed by atoms with E-state index < -0.39 is 15.3 Å². The standard InChI is InChI=1S/C11H15N3O4S2/c1-8(6-12)20(16,17)14-11-13-9(7-19-11)4-3-5-10(15)18-2/h7-8H,3-5H2,1-2H3,(H,13,14). The van der Waals surface area contributed by atoms with Crippen LogP contribution in [0.3, 0.4) is 0 Å². The summed E-state index contributed by atoms with van der Waals surface area (Å²) in [5.74, 6) is -0.288. The van der Waals surface area contributed by atoms with Crippen molar-refractivity contribution in [2.24, 2.45) is 0 Å². The van der Waals surface area contributed by atoms with Crippen LogP contribution in [0.15, 0.2) is 5.38 Å². The van der Waals surface area contributed by atoms with Gasteiger partial charge in [0.05, 0.1) is 18.9 Å². The number of methoxy groups -OCH3 is 1. The number of carbonyl (C=O) groups excluding carboxylic acids is 1. The lowest BCUT2D eigenvalue weighted by Crippen LogP contribution is -2.23. The van der Waals surface area contributed by atoms with Gasteiger partial charge < -0.3 is 4.74 Å². The van der Waals surface area contributed by atoms with Crippen LogP contribution in [0.25, 0.3) is 0 Å². The van der Waals surface area contributed by atoms with Crippen molar-refractivity contribution < 1.29 is 17.9 Å².